The first-order chi connectivity index (χ1) is 6.74. The lowest BCUT2D eigenvalue weighted by Crippen LogP contribution is -2.17. The Bertz CT molecular complexity index is 187. The van der Waals surface area contributed by atoms with Crippen LogP contribution in [0.1, 0.15) is 25.7 Å². The highest BCUT2D eigenvalue weighted by molar-refractivity contribution is 7.99. The average molecular weight is 220 g/mol. The standard InChI is InChI=1S/C10H17FO2S/c1-13-10(12)3-2-8-4-6-14-7-5-9(8)11/h8-9H,2-7H2,1H3/t8-,9+/m0/s1. The molecular weight excluding hydrogens is 203 g/mol. The number of halogens is 1. The predicted octanol–water partition coefficient (Wildman–Crippen LogP) is 2.42. The van der Waals surface area contributed by atoms with Crippen LogP contribution in [-0.4, -0.2) is 30.8 Å². The fraction of sp³-hybridized carbons (Fsp3) is 0.900. The first kappa shape index (κ1) is 11.8. The molecule has 1 aliphatic heterocycles. The van der Waals surface area contributed by atoms with Crippen LogP contribution in [-0.2, 0) is 9.53 Å². The number of hydrogen-bond donors (Lipinski definition) is 0. The van der Waals surface area contributed by atoms with Crippen molar-refractivity contribution in [2.24, 2.45) is 5.92 Å². The number of methoxy groups -OCH3 is 1. The Labute approximate surface area is 88.6 Å². The minimum Gasteiger partial charge on any atom is -0.469 e. The second kappa shape index (κ2) is 6.27. The van der Waals surface area contributed by atoms with Gasteiger partial charge in [0, 0.05) is 6.42 Å². The Morgan fingerprint density at radius 2 is 2.21 bits per heavy atom. The zero-order chi connectivity index (χ0) is 10.4. The third kappa shape index (κ3) is 3.86. The summed E-state index contributed by atoms with van der Waals surface area (Å²) < 4.78 is 18.0. The van der Waals surface area contributed by atoms with Gasteiger partial charge in [-0.3, -0.25) is 4.79 Å². The molecule has 0 unspecified atom stereocenters. The van der Waals surface area contributed by atoms with Crippen LogP contribution in [0.4, 0.5) is 4.39 Å². The molecule has 0 aliphatic carbocycles. The molecular formula is C10H17FO2S. The molecule has 0 radical (unpaired) electrons. The van der Waals surface area contributed by atoms with Gasteiger partial charge in [-0.05, 0) is 36.7 Å². The van der Waals surface area contributed by atoms with Crippen LogP contribution in [0.5, 0.6) is 0 Å². The summed E-state index contributed by atoms with van der Waals surface area (Å²) >= 11 is 1.81. The molecule has 1 fully saturated rings. The van der Waals surface area contributed by atoms with Gasteiger partial charge in [0.15, 0.2) is 0 Å². The van der Waals surface area contributed by atoms with Crippen LogP contribution < -0.4 is 0 Å². The second-order valence-corrected chi connectivity index (χ2v) is 4.81. The third-order valence-corrected chi connectivity index (χ3v) is 3.68. The van der Waals surface area contributed by atoms with E-state index < -0.39 is 6.17 Å². The van der Waals surface area contributed by atoms with Gasteiger partial charge >= 0.3 is 5.97 Å². The van der Waals surface area contributed by atoms with Crippen molar-refractivity contribution < 1.29 is 13.9 Å². The lowest BCUT2D eigenvalue weighted by Gasteiger charge is -2.16. The molecule has 82 valence electrons. The summed E-state index contributed by atoms with van der Waals surface area (Å²) in [5.74, 6) is 1.76. The first-order valence-electron chi connectivity index (χ1n) is 5.02. The van der Waals surface area contributed by atoms with Crippen LogP contribution in [0.2, 0.25) is 0 Å². The molecule has 0 aromatic rings. The van der Waals surface area contributed by atoms with Gasteiger partial charge in [-0.1, -0.05) is 0 Å². The topological polar surface area (TPSA) is 26.3 Å². The maximum Gasteiger partial charge on any atom is 0.305 e. The highest BCUT2D eigenvalue weighted by atomic mass is 32.2. The van der Waals surface area contributed by atoms with E-state index in [1.807, 2.05) is 11.8 Å². The van der Waals surface area contributed by atoms with E-state index in [0.29, 0.717) is 19.3 Å². The fourth-order valence-electron chi connectivity index (χ4n) is 1.68. The lowest BCUT2D eigenvalue weighted by molar-refractivity contribution is -0.141. The van der Waals surface area contributed by atoms with E-state index in [9.17, 15) is 9.18 Å². The largest absolute Gasteiger partial charge is 0.469 e. The Morgan fingerprint density at radius 1 is 1.50 bits per heavy atom. The molecule has 2 nitrogen and oxygen atoms in total. The molecule has 1 heterocycles. The molecule has 1 rings (SSSR count). The third-order valence-electron chi connectivity index (χ3n) is 2.63. The fourth-order valence-corrected chi connectivity index (χ4v) is 2.75. The molecule has 0 spiro atoms. The van der Waals surface area contributed by atoms with Crippen LogP contribution in [0, 0.1) is 5.92 Å². The zero-order valence-corrected chi connectivity index (χ0v) is 9.32. The van der Waals surface area contributed by atoms with Crippen LogP contribution in [0.25, 0.3) is 0 Å². The summed E-state index contributed by atoms with van der Waals surface area (Å²) in [5.41, 5.74) is 0. The number of esters is 1. The van der Waals surface area contributed by atoms with Gasteiger partial charge in [-0.2, -0.15) is 11.8 Å². The van der Waals surface area contributed by atoms with Gasteiger partial charge in [0.05, 0.1) is 7.11 Å². The summed E-state index contributed by atoms with van der Waals surface area (Å²) in [6.07, 6.45) is 1.79. The summed E-state index contributed by atoms with van der Waals surface area (Å²) in [6, 6.07) is 0. The summed E-state index contributed by atoms with van der Waals surface area (Å²) in [6.45, 7) is 0. The molecule has 1 saturated heterocycles. The summed E-state index contributed by atoms with van der Waals surface area (Å²) in [4.78, 5) is 10.9. The second-order valence-electron chi connectivity index (χ2n) is 3.58. The maximum absolute atomic E-state index is 13.5. The van der Waals surface area contributed by atoms with Crippen LogP contribution in [0.15, 0.2) is 0 Å². The minimum absolute atomic E-state index is 0.0594. The zero-order valence-electron chi connectivity index (χ0n) is 8.50. The normalized spacial score (nSPS) is 28.1. The molecule has 0 saturated carbocycles. The van der Waals surface area contributed by atoms with Gasteiger partial charge in [-0.25, -0.2) is 4.39 Å². The monoisotopic (exact) mass is 220 g/mol. The Balaban J connectivity index is 2.29. The number of carbonyl (C=O) groups is 1. The number of ether oxygens (including phenoxy) is 1. The quantitative estimate of drug-likeness (QED) is 0.683. The van der Waals surface area contributed by atoms with Crippen LogP contribution >= 0.6 is 11.8 Å². The molecule has 4 heteroatoms. The maximum atomic E-state index is 13.5. The SMILES string of the molecule is COC(=O)CC[C@H]1CCSCC[C@H]1F. The number of thioether (sulfide) groups is 1. The minimum atomic E-state index is -0.727. The van der Waals surface area contributed by atoms with E-state index in [2.05, 4.69) is 4.74 Å². The molecule has 0 amide bonds. The number of rotatable bonds is 3. The van der Waals surface area contributed by atoms with Crippen molar-refractivity contribution in [1.82, 2.24) is 0 Å². The Kier molecular flexibility index (Phi) is 5.30. The molecule has 0 aromatic heterocycles. The molecule has 2 atom stereocenters. The van der Waals surface area contributed by atoms with Crippen molar-refractivity contribution >= 4 is 17.7 Å². The summed E-state index contributed by atoms with van der Waals surface area (Å²) in [5, 5.41) is 0. The van der Waals surface area contributed by atoms with Gasteiger partial charge < -0.3 is 4.74 Å². The highest BCUT2D eigenvalue weighted by Crippen LogP contribution is 2.28. The summed E-state index contributed by atoms with van der Waals surface area (Å²) in [7, 11) is 1.37. The van der Waals surface area contributed by atoms with Crippen LogP contribution in [0.3, 0.4) is 0 Å². The van der Waals surface area contributed by atoms with Gasteiger partial charge in [-0.15, -0.1) is 0 Å². The number of carbonyl (C=O) groups excluding carboxylic acids is 1. The first-order valence-corrected chi connectivity index (χ1v) is 6.18. The predicted molar refractivity (Wildman–Crippen MR) is 56.2 cm³/mol. The molecule has 0 N–H and O–H groups in total. The molecule has 0 bridgehead atoms. The van der Waals surface area contributed by atoms with Gasteiger partial charge in [0.25, 0.3) is 0 Å². The molecule has 0 aromatic carbocycles. The van der Waals surface area contributed by atoms with Gasteiger partial charge in [0.1, 0.15) is 6.17 Å². The Morgan fingerprint density at radius 3 is 2.93 bits per heavy atom. The van der Waals surface area contributed by atoms with E-state index in [1.54, 1.807) is 0 Å². The van der Waals surface area contributed by atoms with Crippen molar-refractivity contribution in [3.8, 4) is 0 Å². The van der Waals surface area contributed by atoms with Crippen molar-refractivity contribution in [3.05, 3.63) is 0 Å². The van der Waals surface area contributed by atoms with E-state index in [1.165, 1.54) is 7.11 Å². The highest BCUT2D eigenvalue weighted by Gasteiger charge is 2.23. The van der Waals surface area contributed by atoms with E-state index in [-0.39, 0.29) is 11.9 Å². The van der Waals surface area contributed by atoms with Crippen molar-refractivity contribution in [3.63, 3.8) is 0 Å². The number of alkyl halides is 1. The van der Waals surface area contributed by atoms with Gasteiger partial charge in [0.2, 0.25) is 0 Å². The Hall–Kier alpha value is -0.250. The smallest absolute Gasteiger partial charge is 0.305 e. The van der Waals surface area contributed by atoms with Crippen molar-refractivity contribution in [2.45, 2.75) is 31.9 Å². The van der Waals surface area contributed by atoms with E-state index in [0.717, 1.165) is 17.9 Å². The van der Waals surface area contributed by atoms with E-state index >= 15 is 0 Å². The number of hydrogen-bond acceptors (Lipinski definition) is 3. The van der Waals surface area contributed by atoms with E-state index in [4.69, 9.17) is 0 Å². The molecule has 1 aliphatic rings. The average Bonchev–Trinajstić information content (AvgIpc) is 2.39. The van der Waals surface area contributed by atoms with Crippen molar-refractivity contribution in [2.75, 3.05) is 18.6 Å². The lowest BCUT2D eigenvalue weighted by atomic mass is 9.94. The molecule has 14 heavy (non-hydrogen) atoms. The van der Waals surface area contributed by atoms with Crippen molar-refractivity contribution in [1.29, 1.82) is 0 Å².